The maximum atomic E-state index is 2.50. The summed E-state index contributed by atoms with van der Waals surface area (Å²) < 4.78 is 0. The predicted molar refractivity (Wildman–Crippen MR) is 172 cm³/mol. The molecule has 0 saturated heterocycles. The average molecular weight is 520 g/mol. The van der Waals surface area contributed by atoms with E-state index in [1.54, 1.807) is 0 Å². The third-order valence-electron chi connectivity index (χ3n) is 8.41. The molecule has 1 atom stereocenters. The van der Waals surface area contributed by atoms with Crippen molar-refractivity contribution < 1.29 is 0 Å². The molecule has 39 heavy (non-hydrogen) atoms. The van der Waals surface area contributed by atoms with Gasteiger partial charge in [-0.25, -0.2) is 0 Å². The van der Waals surface area contributed by atoms with E-state index in [1.165, 1.54) is 55.7 Å². The van der Waals surface area contributed by atoms with Gasteiger partial charge in [-0.3, -0.25) is 0 Å². The standard InChI is InChI=1S/C39H51/c1-25-22-26-16-14-15-17-29(26)35(31-21-19-28(37(5,6)7)24-33(31)39(11,12)13)34(25)30-20-18-27(36(2,3)4)23-32(30)38(8,9)10/h14-24,35H,1-13H3. The zero-order valence-corrected chi connectivity index (χ0v) is 26.9. The lowest BCUT2D eigenvalue weighted by atomic mass is 9.66. The van der Waals surface area contributed by atoms with E-state index >= 15 is 0 Å². The van der Waals surface area contributed by atoms with Crippen LogP contribution in [0.3, 0.4) is 0 Å². The summed E-state index contributed by atoms with van der Waals surface area (Å²) in [6.07, 6.45) is 2.41. The fourth-order valence-corrected chi connectivity index (χ4v) is 6.08. The topological polar surface area (TPSA) is 0 Å². The highest BCUT2D eigenvalue weighted by molar-refractivity contribution is 5.85. The van der Waals surface area contributed by atoms with Gasteiger partial charge in [0.05, 0.1) is 0 Å². The largest absolute Gasteiger partial charge is 0.0620 e. The number of rotatable bonds is 2. The first-order chi connectivity index (χ1) is 17.8. The van der Waals surface area contributed by atoms with Gasteiger partial charge >= 0.3 is 0 Å². The zero-order valence-electron chi connectivity index (χ0n) is 26.9. The summed E-state index contributed by atoms with van der Waals surface area (Å²) >= 11 is 0. The summed E-state index contributed by atoms with van der Waals surface area (Å²) in [4.78, 5) is 0. The molecule has 0 bridgehead atoms. The van der Waals surface area contributed by atoms with Crippen LogP contribution in [0.4, 0.5) is 0 Å². The van der Waals surface area contributed by atoms with Crippen molar-refractivity contribution in [1.29, 1.82) is 0 Å². The monoisotopic (exact) mass is 519 g/mol. The van der Waals surface area contributed by atoms with Gasteiger partial charge in [-0.2, -0.15) is 0 Å². The van der Waals surface area contributed by atoms with Crippen LogP contribution < -0.4 is 0 Å². The van der Waals surface area contributed by atoms with Crippen molar-refractivity contribution in [1.82, 2.24) is 0 Å². The number of fused-ring (bicyclic) bond motifs is 1. The molecule has 0 spiro atoms. The molecule has 0 N–H and O–H groups in total. The van der Waals surface area contributed by atoms with Gasteiger partial charge in [-0.1, -0.05) is 149 Å². The van der Waals surface area contributed by atoms with Gasteiger partial charge < -0.3 is 0 Å². The van der Waals surface area contributed by atoms with Crippen LogP contribution in [0.5, 0.6) is 0 Å². The van der Waals surface area contributed by atoms with E-state index in [0.29, 0.717) is 0 Å². The SMILES string of the molecule is CC1=C(c2ccc(C(C)(C)C)cc2C(C)(C)C)C(c2ccc(C(C)(C)C)cc2C(C)(C)C)c2ccccc2[CH]1. The van der Waals surface area contributed by atoms with Crippen LogP contribution >= 0.6 is 0 Å². The van der Waals surface area contributed by atoms with Crippen molar-refractivity contribution in [2.45, 2.75) is 118 Å². The van der Waals surface area contributed by atoms with Gasteiger partial charge in [0.2, 0.25) is 0 Å². The molecule has 4 rings (SSSR count). The minimum Gasteiger partial charge on any atom is -0.0620 e. The van der Waals surface area contributed by atoms with E-state index in [9.17, 15) is 0 Å². The molecule has 0 amide bonds. The van der Waals surface area contributed by atoms with Gasteiger partial charge in [0, 0.05) is 12.3 Å². The number of allylic oxidation sites excluding steroid dienone is 2. The second-order valence-electron chi connectivity index (χ2n) is 15.9. The quantitative estimate of drug-likeness (QED) is 0.316. The lowest BCUT2D eigenvalue weighted by Crippen LogP contribution is -2.24. The van der Waals surface area contributed by atoms with Crippen LogP contribution in [0, 0.1) is 6.42 Å². The van der Waals surface area contributed by atoms with Crippen LogP contribution in [0.2, 0.25) is 0 Å². The normalized spacial score (nSPS) is 16.9. The molecule has 0 heteroatoms. The minimum atomic E-state index is 0.0222. The van der Waals surface area contributed by atoms with Crippen molar-refractivity contribution in [2.24, 2.45) is 0 Å². The molecule has 0 saturated carbocycles. The second kappa shape index (κ2) is 9.79. The Kier molecular flexibility index (Phi) is 7.38. The summed E-state index contributed by atoms with van der Waals surface area (Å²) in [5.41, 5.74) is 14.3. The lowest BCUT2D eigenvalue weighted by molar-refractivity contribution is 0.561. The maximum Gasteiger partial charge on any atom is 0.0351 e. The van der Waals surface area contributed by atoms with E-state index in [-0.39, 0.29) is 27.6 Å². The van der Waals surface area contributed by atoms with Crippen LogP contribution in [0.15, 0.2) is 66.2 Å². The molecule has 0 heterocycles. The van der Waals surface area contributed by atoms with E-state index in [2.05, 4.69) is 157 Å². The van der Waals surface area contributed by atoms with E-state index in [1.807, 2.05) is 0 Å². The molecule has 0 fully saturated rings. The molecule has 3 aromatic rings. The van der Waals surface area contributed by atoms with Gasteiger partial charge in [0.15, 0.2) is 0 Å². The van der Waals surface area contributed by atoms with E-state index in [4.69, 9.17) is 0 Å². The van der Waals surface area contributed by atoms with E-state index in [0.717, 1.165) is 0 Å². The Morgan fingerprint density at radius 3 is 1.56 bits per heavy atom. The fourth-order valence-electron chi connectivity index (χ4n) is 6.08. The van der Waals surface area contributed by atoms with Crippen LogP contribution in [-0.4, -0.2) is 0 Å². The lowest BCUT2D eigenvalue weighted by Gasteiger charge is -2.37. The highest BCUT2D eigenvalue weighted by atomic mass is 14.4. The first-order valence-corrected chi connectivity index (χ1v) is 14.7. The Hall–Kier alpha value is -2.60. The molecular formula is C39H51. The van der Waals surface area contributed by atoms with Crippen molar-refractivity contribution in [2.75, 3.05) is 0 Å². The van der Waals surface area contributed by atoms with Crippen molar-refractivity contribution >= 4 is 5.57 Å². The van der Waals surface area contributed by atoms with Crippen LogP contribution in [0.25, 0.3) is 5.57 Å². The smallest absolute Gasteiger partial charge is 0.0351 e. The molecule has 207 valence electrons. The van der Waals surface area contributed by atoms with Gasteiger partial charge in [0.1, 0.15) is 0 Å². The molecule has 1 unspecified atom stereocenters. The first-order valence-electron chi connectivity index (χ1n) is 14.7. The van der Waals surface area contributed by atoms with E-state index < -0.39 is 0 Å². The second-order valence-corrected chi connectivity index (χ2v) is 15.9. The summed E-state index contributed by atoms with van der Waals surface area (Å²) in [6, 6.07) is 23.6. The molecule has 1 radical (unpaired) electrons. The van der Waals surface area contributed by atoms with Crippen molar-refractivity contribution in [3.8, 4) is 0 Å². The van der Waals surface area contributed by atoms with Gasteiger partial charge in [0.25, 0.3) is 0 Å². The Morgan fingerprint density at radius 2 is 1.03 bits per heavy atom. The highest BCUT2D eigenvalue weighted by Crippen LogP contribution is 2.51. The molecule has 1 aliphatic carbocycles. The highest BCUT2D eigenvalue weighted by Gasteiger charge is 2.35. The summed E-state index contributed by atoms with van der Waals surface area (Å²) in [5.74, 6) is 0.177. The first kappa shape index (κ1) is 29.4. The summed E-state index contributed by atoms with van der Waals surface area (Å²) in [5, 5.41) is 0. The molecule has 0 nitrogen and oxygen atoms in total. The number of hydrogen-bond donors (Lipinski definition) is 0. The third kappa shape index (κ3) is 5.82. The molecule has 0 aromatic heterocycles. The summed E-state index contributed by atoms with van der Waals surface area (Å²) in [7, 11) is 0. The van der Waals surface area contributed by atoms with Crippen molar-refractivity contribution in [3.63, 3.8) is 0 Å². The Bertz CT molecular complexity index is 1400. The molecule has 1 aliphatic rings. The maximum absolute atomic E-state index is 2.50. The Balaban J connectivity index is 2.09. The Labute approximate surface area is 240 Å². The number of benzene rings is 3. The molecular weight excluding hydrogens is 468 g/mol. The predicted octanol–water partition coefficient (Wildman–Crippen LogP) is 11.0. The van der Waals surface area contributed by atoms with Crippen LogP contribution in [0.1, 0.15) is 140 Å². The van der Waals surface area contributed by atoms with Gasteiger partial charge in [-0.05, 0) is 78.7 Å². The van der Waals surface area contributed by atoms with Gasteiger partial charge in [-0.15, -0.1) is 0 Å². The molecule has 3 aromatic carbocycles. The number of hydrogen-bond acceptors (Lipinski definition) is 0. The average Bonchev–Trinajstić information content (AvgIpc) is 2.80. The molecule has 0 aliphatic heterocycles. The summed E-state index contributed by atoms with van der Waals surface area (Å²) in [6.45, 7) is 30.4. The van der Waals surface area contributed by atoms with Crippen molar-refractivity contribution in [3.05, 3.63) is 117 Å². The van der Waals surface area contributed by atoms with Crippen LogP contribution in [-0.2, 0) is 21.7 Å². The Morgan fingerprint density at radius 1 is 0.513 bits per heavy atom. The third-order valence-corrected chi connectivity index (χ3v) is 8.41. The zero-order chi connectivity index (χ0) is 29.1. The minimum absolute atomic E-state index is 0.0222. The fraction of sp³-hybridized carbons (Fsp3) is 0.462.